The summed E-state index contributed by atoms with van der Waals surface area (Å²) in [5, 5.41) is 12.4. The van der Waals surface area contributed by atoms with Gasteiger partial charge in [0.2, 0.25) is 5.91 Å². The van der Waals surface area contributed by atoms with Crippen molar-refractivity contribution in [3.05, 3.63) is 83.4 Å². The molecule has 0 radical (unpaired) electrons. The number of ether oxygens (including phenoxy) is 2. The maximum absolute atomic E-state index is 11.9. The number of carbonyl (C=O) groups excluding carboxylic acids is 2. The topological polar surface area (TPSA) is 114 Å². The SMILES string of the molecule is C=CCOC(=O)c1cccc(COC[C@H](C#N)N[C@@H](Cc2cccc(C)c2)C(N)=O)c1. The molecule has 0 aliphatic rings. The van der Waals surface area contributed by atoms with Crippen LogP contribution < -0.4 is 11.1 Å². The van der Waals surface area contributed by atoms with Gasteiger partial charge in [0.05, 0.1) is 30.9 Å². The first kappa shape index (κ1) is 23.8. The van der Waals surface area contributed by atoms with E-state index in [0.29, 0.717) is 12.0 Å². The number of hydrogen-bond acceptors (Lipinski definition) is 6. The van der Waals surface area contributed by atoms with E-state index in [0.717, 1.165) is 16.7 Å². The molecule has 0 saturated carbocycles. The summed E-state index contributed by atoms with van der Waals surface area (Å²) in [6, 6.07) is 15.3. The third-order valence-electron chi connectivity index (χ3n) is 4.47. The lowest BCUT2D eigenvalue weighted by molar-refractivity contribution is -0.120. The molecule has 0 aromatic heterocycles. The largest absolute Gasteiger partial charge is 0.458 e. The van der Waals surface area contributed by atoms with Crippen molar-refractivity contribution in [3.8, 4) is 6.07 Å². The van der Waals surface area contributed by atoms with Crippen LogP contribution in [-0.2, 0) is 27.3 Å². The van der Waals surface area contributed by atoms with Gasteiger partial charge in [-0.2, -0.15) is 5.26 Å². The summed E-state index contributed by atoms with van der Waals surface area (Å²) in [6.45, 7) is 5.87. The van der Waals surface area contributed by atoms with E-state index < -0.39 is 24.0 Å². The molecule has 31 heavy (non-hydrogen) atoms. The Bertz CT molecular complexity index is 952. The van der Waals surface area contributed by atoms with Gasteiger partial charge >= 0.3 is 5.97 Å². The van der Waals surface area contributed by atoms with Crippen molar-refractivity contribution in [2.24, 2.45) is 5.73 Å². The van der Waals surface area contributed by atoms with E-state index in [9.17, 15) is 14.9 Å². The van der Waals surface area contributed by atoms with Gasteiger partial charge in [0.15, 0.2) is 0 Å². The Balaban J connectivity index is 1.91. The fourth-order valence-corrected chi connectivity index (χ4v) is 2.98. The number of benzene rings is 2. The average molecular weight is 421 g/mol. The highest BCUT2D eigenvalue weighted by Gasteiger charge is 2.20. The number of nitriles is 1. The number of hydrogen-bond donors (Lipinski definition) is 2. The normalized spacial score (nSPS) is 12.4. The van der Waals surface area contributed by atoms with Crippen LogP contribution >= 0.6 is 0 Å². The molecule has 0 bridgehead atoms. The van der Waals surface area contributed by atoms with Crippen molar-refractivity contribution in [1.29, 1.82) is 5.26 Å². The van der Waals surface area contributed by atoms with Crippen LogP contribution in [0, 0.1) is 18.3 Å². The summed E-state index contributed by atoms with van der Waals surface area (Å²) < 4.78 is 10.7. The Labute approximate surface area is 182 Å². The summed E-state index contributed by atoms with van der Waals surface area (Å²) in [4.78, 5) is 23.8. The highest BCUT2D eigenvalue weighted by atomic mass is 16.5. The zero-order chi connectivity index (χ0) is 22.6. The van der Waals surface area contributed by atoms with Gasteiger partial charge in [-0.15, -0.1) is 0 Å². The molecular weight excluding hydrogens is 394 g/mol. The fraction of sp³-hybridized carbons (Fsp3) is 0.292. The molecule has 0 saturated heterocycles. The summed E-state index contributed by atoms with van der Waals surface area (Å²) in [7, 11) is 0. The zero-order valence-corrected chi connectivity index (χ0v) is 17.5. The Kier molecular flexibility index (Phi) is 9.43. The minimum Gasteiger partial charge on any atom is -0.458 e. The number of amides is 1. The smallest absolute Gasteiger partial charge is 0.338 e. The summed E-state index contributed by atoms with van der Waals surface area (Å²) >= 11 is 0. The van der Waals surface area contributed by atoms with Crippen LogP contribution in [0.25, 0.3) is 0 Å². The summed E-state index contributed by atoms with van der Waals surface area (Å²) in [6.07, 6.45) is 1.88. The lowest BCUT2D eigenvalue weighted by atomic mass is 10.0. The van der Waals surface area contributed by atoms with Crippen LogP contribution in [0.15, 0.2) is 61.2 Å². The van der Waals surface area contributed by atoms with Gasteiger partial charge in [0.1, 0.15) is 12.6 Å². The third-order valence-corrected chi connectivity index (χ3v) is 4.47. The molecule has 0 spiro atoms. The maximum atomic E-state index is 11.9. The molecule has 2 atom stereocenters. The van der Waals surface area contributed by atoms with Crippen LogP contribution in [0.5, 0.6) is 0 Å². The number of esters is 1. The minimum atomic E-state index is -0.719. The predicted molar refractivity (Wildman–Crippen MR) is 117 cm³/mol. The molecule has 7 nitrogen and oxygen atoms in total. The summed E-state index contributed by atoms with van der Waals surface area (Å²) in [5.41, 5.74) is 8.72. The average Bonchev–Trinajstić information content (AvgIpc) is 2.76. The Morgan fingerprint density at radius 2 is 1.97 bits per heavy atom. The van der Waals surface area contributed by atoms with Gasteiger partial charge in [-0.05, 0) is 36.6 Å². The Hall–Kier alpha value is -3.47. The first-order chi connectivity index (χ1) is 14.9. The van der Waals surface area contributed by atoms with Crippen LogP contribution in [0.4, 0.5) is 0 Å². The van der Waals surface area contributed by atoms with E-state index in [1.165, 1.54) is 6.08 Å². The molecule has 7 heteroatoms. The molecule has 2 aromatic rings. The number of rotatable bonds is 12. The zero-order valence-electron chi connectivity index (χ0n) is 17.5. The van der Waals surface area contributed by atoms with Crippen LogP contribution in [0.2, 0.25) is 0 Å². The van der Waals surface area contributed by atoms with Gasteiger partial charge in [0.25, 0.3) is 0 Å². The monoisotopic (exact) mass is 421 g/mol. The van der Waals surface area contributed by atoms with E-state index in [1.807, 2.05) is 37.3 Å². The van der Waals surface area contributed by atoms with Crippen molar-refractivity contribution in [2.45, 2.75) is 32.0 Å². The van der Waals surface area contributed by atoms with Crippen LogP contribution in [0.1, 0.15) is 27.0 Å². The van der Waals surface area contributed by atoms with Gasteiger partial charge < -0.3 is 15.2 Å². The standard InChI is InChI=1S/C24H27N3O4/c1-3-10-31-24(29)20-9-5-8-19(12-20)15-30-16-21(14-25)27-22(23(26)28)13-18-7-4-6-17(2)11-18/h3-9,11-12,21-22,27H,1,10,13,15-16H2,2H3,(H2,26,28)/t21-,22-/m0/s1. The lowest BCUT2D eigenvalue weighted by Crippen LogP contribution is -2.48. The quantitative estimate of drug-likeness (QED) is 0.402. The van der Waals surface area contributed by atoms with Gasteiger partial charge in [-0.3, -0.25) is 10.1 Å². The van der Waals surface area contributed by atoms with Crippen molar-refractivity contribution < 1.29 is 19.1 Å². The molecule has 0 aliphatic carbocycles. The van der Waals surface area contributed by atoms with Gasteiger partial charge in [-0.25, -0.2) is 4.79 Å². The fourth-order valence-electron chi connectivity index (χ4n) is 2.98. The number of primary amides is 1. The van der Waals surface area contributed by atoms with Crippen LogP contribution in [0.3, 0.4) is 0 Å². The Morgan fingerprint density at radius 3 is 2.65 bits per heavy atom. The molecule has 3 N–H and O–H groups in total. The molecule has 0 fully saturated rings. The maximum Gasteiger partial charge on any atom is 0.338 e. The number of nitrogens with two attached hydrogens (primary N) is 1. The van der Waals surface area contributed by atoms with E-state index in [2.05, 4.69) is 18.0 Å². The van der Waals surface area contributed by atoms with Crippen molar-refractivity contribution in [1.82, 2.24) is 5.32 Å². The van der Waals surface area contributed by atoms with Crippen molar-refractivity contribution >= 4 is 11.9 Å². The molecule has 0 aliphatic heterocycles. The molecule has 2 aromatic carbocycles. The number of nitrogens with one attached hydrogen (secondary N) is 1. The molecular formula is C24H27N3O4. The van der Waals surface area contributed by atoms with Crippen LogP contribution in [-0.4, -0.2) is 37.2 Å². The number of carbonyl (C=O) groups is 2. The molecule has 162 valence electrons. The predicted octanol–water partition coefficient (Wildman–Crippen LogP) is 2.43. The highest BCUT2D eigenvalue weighted by Crippen LogP contribution is 2.10. The number of aryl methyl sites for hydroxylation is 1. The second-order valence-electron chi connectivity index (χ2n) is 7.10. The van der Waals surface area contributed by atoms with Crippen molar-refractivity contribution in [3.63, 3.8) is 0 Å². The lowest BCUT2D eigenvalue weighted by Gasteiger charge is -2.19. The Morgan fingerprint density at radius 1 is 1.23 bits per heavy atom. The van der Waals surface area contributed by atoms with E-state index >= 15 is 0 Å². The van der Waals surface area contributed by atoms with E-state index in [-0.39, 0.29) is 19.8 Å². The minimum absolute atomic E-state index is 0.0548. The molecule has 1 amide bonds. The molecule has 0 heterocycles. The second kappa shape index (κ2) is 12.3. The van der Waals surface area contributed by atoms with Gasteiger partial charge in [0, 0.05) is 0 Å². The van der Waals surface area contributed by atoms with Crippen molar-refractivity contribution in [2.75, 3.05) is 13.2 Å². The highest BCUT2D eigenvalue weighted by molar-refractivity contribution is 5.89. The van der Waals surface area contributed by atoms with E-state index in [4.69, 9.17) is 15.2 Å². The second-order valence-corrected chi connectivity index (χ2v) is 7.10. The number of nitrogens with zero attached hydrogens (tertiary/aromatic N) is 1. The first-order valence-electron chi connectivity index (χ1n) is 9.88. The first-order valence-corrected chi connectivity index (χ1v) is 9.88. The van der Waals surface area contributed by atoms with E-state index in [1.54, 1.807) is 18.2 Å². The van der Waals surface area contributed by atoms with Gasteiger partial charge in [-0.1, -0.05) is 54.6 Å². The molecule has 0 unspecified atom stereocenters. The third kappa shape index (κ3) is 8.05. The summed E-state index contributed by atoms with van der Waals surface area (Å²) in [5.74, 6) is -0.980. The molecule has 2 rings (SSSR count).